The molecule has 0 aliphatic rings. The highest BCUT2D eigenvalue weighted by molar-refractivity contribution is 7.92. The van der Waals surface area contributed by atoms with Gasteiger partial charge in [-0.25, -0.2) is 8.42 Å². The van der Waals surface area contributed by atoms with Gasteiger partial charge in [0.1, 0.15) is 6.61 Å². The van der Waals surface area contributed by atoms with Crippen molar-refractivity contribution < 1.29 is 18.3 Å². The highest BCUT2D eigenvalue weighted by Gasteiger charge is 2.15. The second kappa shape index (κ2) is 8.20. The summed E-state index contributed by atoms with van der Waals surface area (Å²) in [6.45, 7) is -0.0807. The fourth-order valence-corrected chi connectivity index (χ4v) is 2.88. The van der Waals surface area contributed by atoms with E-state index in [1.165, 1.54) is 36.4 Å². The molecule has 0 saturated carbocycles. The summed E-state index contributed by atoms with van der Waals surface area (Å²) in [7, 11) is -3.81. The van der Waals surface area contributed by atoms with E-state index in [1.54, 1.807) is 0 Å². The molecule has 0 unspecified atom stereocenters. The van der Waals surface area contributed by atoms with Gasteiger partial charge in [0.05, 0.1) is 11.5 Å². The van der Waals surface area contributed by atoms with Crippen molar-refractivity contribution >= 4 is 50.5 Å². The second-order valence-electron chi connectivity index (χ2n) is 4.36. The number of thiocarbonyl (C=S) groups is 1. The molecular weight excluding hydrogens is 376 g/mol. The Balaban J connectivity index is 2.05. The summed E-state index contributed by atoms with van der Waals surface area (Å²) >= 11 is 10.5. The van der Waals surface area contributed by atoms with Crippen LogP contribution in [0.2, 0.25) is 5.15 Å². The van der Waals surface area contributed by atoms with Gasteiger partial charge in [0.2, 0.25) is 0 Å². The minimum atomic E-state index is -3.81. The minimum Gasteiger partial charge on any atom is -0.468 e. The van der Waals surface area contributed by atoms with Crippen LogP contribution in [0.5, 0.6) is 0 Å². The zero-order valence-electron chi connectivity index (χ0n) is 12.1. The first-order valence-corrected chi connectivity index (χ1v) is 8.84. The predicted octanol–water partition coefficient (Wildman–Crippen LogP) is 1.64. The molecule has 8 nitrogen and oxygen atoms in total. The monoisotopic (exact) mass is 388 g/mol. The van der Waals surface area contributed by atoms with Crippen LogP contribution in [0.15, 0.2) is 41.3 Å². The van der Waals surface area contributed by atoms with E-state index in [1.807, 2.05) is 0 Å². The molecule has 0 aliphatic carbocycles. The molecule has 0 radical (unpaired) electrons. The zero-order valence-corrected chi connectivity index (χ0v) is 14.5. The number of hydrogen-bond donors (Lipinski definition) is 3. The molecule has 1 aromatic carbocycles. The van der Waals surface area contributed by atoms with Gasteiger partial charge in [-0.3, -0.25) is 4.72 Å². The fraction of sp³-hybridized carbons (Fsp3) is 0.154. The van der Waals surface area contributed by atoms with Gasteiger partial charge in [-0.05, 0) is 48.6 Å². The van der Waals surface area contributed by atoms with E-state index in [0.29, 0.717) is 5.69 Å². The van der Waals surface area contributed by atoms with Crippen LogP contribution >= 0.6 is 23.8 Å². The zero-order chi connectivity index (χ0) is 17.6. The van der Waals surface area contributed by atoms with Gasteiger partial charge >= 0.3 is 0 Å². The normalized spacial score (nSPS) is 10.9. The lowest BCUT2D eigenvalue weighted by Gasteiger charge is -2.10. The third-order valence-electron chi connectivity index (χ3n) is 2.61. The standard InChI is InChI=1S/C13H13ClN4O4S2/c14-11-5-6-12(17-16-11)18-24(20,21)10-3-1-9(2-4-10)15-13(23)22-8-7-19/h1-6,19H,7-8H2,(H,15,23)(H,17,18). The molecule has 0 spiro atoms. The smallest absolute Gasteiger partial charge is 0.263 e. The maximum absolute atomic E-state index is 12.3. The summed E-state index contributed by atoms with van der Waals surface area (Å²) in [6.07, 6.45) is 0. The van der Waals surface area contributed by atoms with Crippen LogP contribution in [0.3, 0.4) is 0 Å². The largest absolute Gasteiger partial charge is 0.468 e. The molecule has 24 heavy (non-hydrogen) atoms. The lowest BCUT2D eigenvalue weighted by molar-refractivity contribution is 0.197. The van der Waals surface area contributed by atoms with Gasteiger partial charge in [0.15, 0.2) is 11.0 Å². The number of anilines is 2. The van der Waals surface area contributed by atoms with Gasteiger partial charge < -0.3 is 15.2 Å². The number of aliphatic hydroxyl groups is 1. The minimum absolute atomic E-state index is 0.0343. The molecule has 11 heteroatoms. The van der Waals surface area contributed by atoms with Crippen LogP contribution in [-0.2, 0) is 14.8 Å². The third kappa shape index (κ3) is 5.27. The predicted molar refractivity (Wildman–Crippen MR) is 93.6 cm³/mol. The van der Waals surface area contributed by atoms with Crippen molar-refractivity contribution in [3.05, 3.63) is 41.6 Å². The van der Waals surface area contributed by atoms with E-state index in [2.05, 4.69) is 20.2 Å². The van der Waals surface area contributed by atoms with Crippen LogP contribution < -0.4 is 10.0 Å². The molecule has 2 rings (SSSR count). The highest BCUT2D eigenvalue weighted by Crippen LogP contribution is 2.17. The average Bonchev–Trinajstić information content (AvgIpc) is 2.55. The maximum Gasteiger partial charge on any atom is 0.263 e. The number of nitrogens with one attached hydrogen (secondary N) is 2. The first-order valence-electron chi connectivity index (χ1n) is 6.57. The summed E-state index contributed by atoms with van der Waals surface area (Å²) < 4.78 is 31.8. The number of halogens is 1. The lowest BCUT2D eigenvalue weighted by Crippen LogP contribution is -2.16. The van der Waals surface area contributed by atoms with E-state index in [4.69, 9.17) is 33.7 Å². The van der Waals surface area contributed by atoms with Crippen LogP contribution in [-0.4, -0.2) is 42.1 Å². The van der Waals surface area contributed by atoms with Gasteiger partial charge in [-0.2, -0.15) is 0 Å². The Labute approximate surface area is 148 Å². The van der Waals surface area contributed by atoms with Gasteiger partial charge in [-0.1, -0.05) is 11.6 Å². The number of ether oxygens (including phenoxy) is 1. The molecule has 0 aliphatic heterocycles. The van der Waals surface area contributed by atoms with E-state index in [0.717, 1.165) is 0 Å². The van der Waals surface area contributed by atoms with Crippen molar-refractivity contribution in [3.63, 3.8) is 0 Å². The highest BCUT2D eigenvalue weighted by atomic mass is 35.5. The number of hydrogen-bond acceptors (Lipinski definition) is 7. The number of aromatic nitrogens is 2. The lowest BCUT2D eigenvalue weighted by atomic mass is 10.3. The number of aliphatic hydroxyl groups excluding tert-OH is 1. The summed E-state index contributed by atoms with van der Waals surface area (Å²) in [6, 6.07) is 8.66. The molecule has 3 N–H and O–H groups in total. The van der Waals surface area contributed by atoms with Crippen molar-refractivity contribution in [2.24, 2.45) is 0 Å². The SMILES string of the molecule is O=S(=O)(Nc1ccc(Cl)nn1)c1ccc(NC(=S)OCCO)cc1. The summed E-state index contributed by atoms with van der Waals surface area (Å²) in [5.74, 6) is 0.0557. The van der Waals surface area contributed by atoms with E-state index in [9.17, 15) is 8.42 Å². The van der Waals surface area contributed by atoms with Crippen molar-refractivity contribution in [1.29, 1.82) is 0 Å². The van der Waals surface area contributed by atoms with Crippen molar-refractivity contribution in [3.8, 4) is 0 Å². The number of sulfonamides is 1. The van der Waals surface area contributed by atoms with Gasteiger partial charge in [0, 0.05) is 5.69 Å². The Hall–Kier alpha value is -2.01. The van der Waals surface area contributed by atoms with Crippen LogP contribution in [0.25, 0.3) is 0 Å². The van der Waals surface area contributed by atoms with Crippen LogP contribution in [0.4, 0.5) is 11.5 Å². The van der Waals surface area contributed by atoms with Crippen molar-refractivity contribution in [2.45, 2.75) is 4.90 Å². The van der Waals surface area contributed by atoms with Crippen molar-refractivity contribution in [2.75, 3.05) is 23.3 Å². The summed E-state index contributed by atoms with van der Waals surface area (Å²) in [4.78, 5) is 0.0343. The number of benzene rings is 1. The quantitative estimate of drug-likeness (QED) is 0.640. The topological polar surface area (TPSA) is 113 Å². The fourth-order valence-electron chi connectivity index (χ4n) is 1.58. The molecular formula is C13H13ClN4O4S2. The molecule has 0 amide bonds. The number of nitrogens with zero attached hydrogens (tertiary/aromatic N) is 2. The maximum atomic E-state index is 12.3. The molecule has 128 valence electrons. The second-order valence-corrected chi connectivity index (χ2v) is 6.80. The average molecular weight is 389 g/mol. The first kappa shape index (κ1) is 18.3. The third-order valence-corrected chi connectivity index (χ3v) is 4.40. The molecule has 0 atom stereocenters. The molecule has 0 fully saturated rings. The molecule has 1 heterocycles. The Bertz CT molecular complexity index is 798. The van der Waals surface area contributed by atoms with E-state index in [-0.39, 0.29) is 34.3 Å². The Morgan fingerprint density at radius 3 is 2.50 bits per heavy atom. The molecule has 0 bridgehead atoms. The molecule has 2 aromatic rings. The molecule has 0 saturated heterocycles. The number of rotatable bonds is 6. The Morgan fingerprint density at radius 2 is 1.92 bits per heavy atom. The van der Waals surface area contributed by atoms with Crippen LogP contribution in [0.1, 0.15) is 0 Å². The van der Waals surface area contributed by atoms with Gasteiger partial charge in [0.25, 0.3) is 15.2 Å². The van der Waals surface area contributed by atoms with E-state index >= 15 is 0 Å². The Morgan fingerprint density at radius 1 is 1.21 bits per heavy atom. The first-order chi connectivity index (χ1) is 11.4. The molecule has 1 aromatic heterocycles. The van der Waals surface area contributed by atoms with Crippen molar-refractivity contribution in [1.82, 2.24) is 10.2 Å². The van der Waals surface area contributed by atoms with E-state index < -0.39 is 10.0 Å². The van der Waals surface area contributed by atoms with Gasteiger partial charge in [-0.15, -0.1) is 10.2 Å². The van der Waals surface area contributed by atoms with Crippen LogP contribution in [0, 0.1) is 0 Å². The summed E-state index contributed by atoms with van der Waals surface area (Å²) in [5, 5.41) is 18.8. The Kier molecular flexibility index (Phi) is 6.26. The summed E-state index contributed by atoms with van der Waals surface area (Å²) in [5.41, 5.74) is 0.545.